The highest BCUT2D eigenvalue weighted by Crippen LogP contribution is 1.99. The molecule has 1 rings (SSSR count). The number of hydrogen-bond acceptors (Lipinski definition) is 2. The first kappa shape index (κ1) is 6.99. The van der Waals surface area contributed by atoms with Crippen molar-refractivity contribution in [3.63, 3.8) is 0 Å². The highest BCUT2D eigenvalue weighted by Gasteiger charge is 1.96. The van der Waals surface area contributed by atoms with Gasteiger partial charge in [-0.05, 0) is 6.42 Å². The predicted molar refractivity (Wildman–Crippen MR) is 38.4 cm³/mol. The summed E-state index contributed by atoms with van der Waals surface area (Å²) in [7, 11) is 0. The summed E-state index contributed by atoms with van der Waals surface area (Å²) < 4.78 is 1.50. The molecule has 0 amide bonds. The molecule has 1 aromatic heterocycles. The second kappa shape index (κ2) is 3.15. The lowest BCUT2D eigenvalue weighted by Gasteiger charge is -1.94. The van der Waals surface area contributed by atoms with Gasteiger partial charge in [0.1, 0.15) is 6.33 Å². The topological polar surface area (TPSA) is 34.9 Å². The molecule has 0 saturated carbocycles. The molecule has 0 N–H and O–H groups in total. The van der Waals surface area contributed by atoms with E-state index in [1.54, 1.807) is 6.20 Å². The van der Waals surface area contributed by atoms with Crippen LogP contribution in [-0.2, 0) is 11.2 Å². The first-order valence-electron chi connectivity index (χ1n) is 3.34. The molecule has 3 nitrogen and oxygen atoms in total. The number of nitrogens with zero attached hydrogens (tertiary/aromatic N) is 2. The van der Waals surface area contributed by atoms with Gasteiger partial charge in [-0.1, -0.05) is 13.3 Å². The van der Waals surface area contributed by atoms with Gasteiger partial charge in [-0.2, -0.15) is 0 Å². The molecule has 0 atom stereocenters. The van der Waals surface area contributed by atoms with Crippen LogP contribution in [0.1, 0.15) is 19.0 Å². The molecule has 0 aromatic carbocycles. The van der Waals surface area contributed by atoms with Gasteiger partial charge in [-0.15, -0.1) is 0 Å². The fourth-order valence-electron chi connectivity index (χ4n) is 0.877. The van der Waals surface area contributed by atoms with E-state index in [2.05, 4.69) is 11.9 Å². The molecular formula is C7H10N2O. The average Bonchev–Trinajstić information content (AvgIpc) is 2.36. The number of aryl methyl sites for hydroxylation is 1. The van der Waals surface area contributed by atoms with E-state index in [4.69, 9.17) is 0 Å². The van der Waals surface area contributed by atoms with E-state index in [1.807, 2.05) is 0 Å². The van der Waals surface area contributed by atoms with Crippen LogP contribution >= 0.6 is 0 Å². The van der Waals surface area contributed by atoms with Crippen LogP contribution in [0.3, 0.4) is 0 Å². The molecule has 0 aliphatic carbocycles. The first-order chi connectivity index (χ1) is 4.88. The molecule has 10 heavy (non-hydrogen) atoms. The Morgan fingerprint density at radius 2 is 2.60 bits per heavy atom. The molecule has 0 bridgehead atoms. The van der Waals surface area contributed by atoms with E-state index in [-0.39, 0.29) is 0 Å². The molecule has 1 heterocycles. The number of aromatic nitrogens is 2. The van der Waals surface area contributed by atoms with Gasteiger partial charge in [-0.25, -0.2) is 4.98 Å². The van der Waals surface area contributed by atoms with Crippen LogP contribution < -0.4 is 0 Å². The smallest absolute Gasteiger partial charge is 0.219 e. The zero-order chi connectivity index (χ0) is 7.40. The second-order valence-corrected chi connectivity index (χ2v) is 2.15. The zero-order valence-electron chi connectivity index (χ0n) is 5.95. The predicted octanol–water partition coefficient (Wildman–Crippen LogP) is 0.874. The minimum atomic E-state index is 0.776. The third-order valence-corrected chi connectivity index (χ3v) is 1.37. The van der Waals surface area contributed by atoms with E-state index in [9.17, 15) is 4.79 Å². The molecule has 0 saturated heterocycles. The van der Waals surface area contributed by atoms with Crippen LogP contribution in [-0.4, -0.2) is 16.0 Å². The molecule has 0 unspecified atom stereocenters. The van der Waals surface area contributed by atoms with Crippen LogP contribution in [0.4, 0.5) is 0 Å². The van der Waals surface area contributed by atoms with Crippen molar-refractivity contribution in [3.8, 4) is 0 Å². The summed E-state index contributed by atoms with van der Waals surface area (Å²) in [6.45, 7) is 2.07. The number of carbonyl (C=O) groups is 1. The third-order valence-electron chi connectivity index (χ3n) is 1.37. The van der Waals surface area contributed by atoms with Crippen molar-refractivity contribution >= 4 is 6.41 Å². The standard InChI is InChI=1S/C7H10N2O/c1-2-3-7-4-8-5-9(7)6-10/h4-6H,2-3H2,1H3. The summed E-state index contributed by atoms with van der Waals surface area (Å²) in [6, 6.07) is 0. The Kier molecular flexibility index (Phi) is 2.20. The van der Waals surface area contributed by atoms with Gasteiger partial charge < -0.3 is 0 Å². The fourth-order valence-corrected chi connectivity index (χ4v) is 0.877. The summed E-state index contributed by atoms with van der Waals surface area (Å²) in [5, 5.41) is 0. The Labute approximate surface area is 59.7 Å². The maximum Gasteiger partial charge on any atom is 0.219 e. The molecule has 1 aromatic rings. The van der Waals surface area contributed by atoms with Crippen molar-refractivity contribution in [2.24, 2.45) is 0 Å². The molecule has 0 radical (unpaired) electrons. The van der Waals surface area contributed by atoms with E-state index in [0.29, 0.717) is 0 Å². The summed E-state index contributed by atoms with van der Waals surface area (Å²) in [5.41, 5.74) is 0.984. The molecule has 0 aliphatic heterocycles. The normalized spacial score (nSPS) is 9.70. The van der Waals surface area contributed by atoms with Crippen molar-refractivity contribution < 1.29 is 4.79 Å². The lowest BCUT2D eigenvalue weighted by molar-refractivity contribution is 0.545. The molecule has 3 heteroatoms. The molecule has 0 fully saturated rings. The van der Waals surface area contributed by atoms with Crippen LogP contribution in [0.15, 0.2) is 12.5 Å². The van der Waals surface area contributed by atoms with E-state index >= 15 is 0 Å². The van der Waals surface area contributed by atoms with Gasteiger partial charge in [0.15, 0.2) is 0 Å². The Balaban J connectivity index is 2.79. The number of rotatable bonds is 3. The van der Waals surface area contributed by atoms with Crippen LogP contribution in [0, 0.1) is 0 Å². The van der Waals surface area contributed by atoms with Crippen molar-refractivity contribution in [3.05, 3.63) is 18.2 Å². The monoisotopic (exact) mass is 138 g/mol. The molecular weight excluding hydrogens is 128 g/mol. The van der Waals surface area contributed by atoms with Crippen LogP contribution in [0.25, 0.3) is 0 Å². The summed E-state index contributed by atoms with van der Waals surface area (Å²) in [6.07, 6.45) is 5.98. The largest absolute Gasteiger partial charge is 0.278 e. The van der Waals surface area contributed by atoms with Crippen molar-refractivity contribution in [1.82, 2.24) is 9.55 Å². The fraction of sp³-hybridized carbons (Fsp3) is 0.429. The molecule has 0 spiro atoms. The first-order valence-corrected chi connectivity index (χ1v) is 3.34. The SMILES string of the molecule is CCCc1cncn1C=O. The quantitative estimate of drug-likeness (QED) is 0.581. The molecule has 0 aliphatic rings. The highest BCUT2D eigenvalue weighted by atomic mass is 16.1. The maximum absolute atomic E-state index is 10.3. The number of imidazole rings is 1. The third kappa shape index (κ3) is 1.23. The van der Waals surface area contributed by atoms with E-state index in [0.717, 1.165) is 24.9 Å². The summed E-state index contributed by atoms with van der Waals surface area (Å²) in [4.78, 5) is 14.1. The van der Waals surface area contributed by atoms with Gasteiger partial charge >= 0.3 is 0 Å². The zero-order valence-corrected chi connectivity index (χ0v) is 5.95. The van der Waals surface area contributed by atoms with Gasteiger partial charge in [0.2, 0.25) is 6.41 Å². The van der Waals surface area contributed by atoms with Crippen molar-refractivity contribution in [2.75, 3.05) is 0 Å². The maximum atomic E-state index is 10.3. The van der Waals surface area contributed by atoms with Gasteiger partial charge in [0, 0.05) is 11.9 Å². The van der Waals surface area contributed by atoms with Gasteiger partial charge in [0.25, 0.3) is 0 Å². The van der Waals surface area contributed by atoms with Crippen molar-refractivity contribution in [2.45, 2.75) is 19.8 Å². The van der Waals surface area contributed by atoms with Crippen LogP contribution in [0.2, 0.25) is 0 Å². The molecule has 54 valence electrons. The summed E-state index contributed by atoms with van der Waals surface area (Å²) in [5.74, 6) is 0. The second-order valence-electron chi connectivity index (χ2n) is 2.15. The Morgan fingerprint density at radius 3 is 3.20 bits per heavy atom. The van der Waals surface area contributed by atoms with Gasteiger partial charge in [0.05, 0.1) is 0 Å². The van der Waals surface area contributed by atoms with Crippen molar-refractivity contribution in [1.29, 1.82) is 0 Å². The van der Waals surface area contributed by atoms with E-state index < -0.39 is 0 Å². The van der Waals surface area contributed by atoms with Crippen LogP contribution in [0.5, 0.6) is 0 Å². The Hall–Kier alpha value is -1.12. The lowest BCUT2D eigenvalue weighted by atomic mass is 10.3. The van der Waals surface area contributed by atoms with Gasteiger partial charge in [-0.3, -0.25) is 9.36 Å². The lowest BCUT2D eigenvalue weighted by Crippen LogP contribution is -1.98. The number of hydrogen-bond donors (Lipinski definition) is 0. The Bertz CT molecular complexity index is 217. The summed E-state index contributed by atoms with van der Waals surface area (Å²) >= 11 is 0. The average molecular weight is 138 g/mol. The minimum Gasteiger partial charge on any atom is -0.278 e. The van der Waals surface area contributed by atoms with E-state index in [1.165, 1.54) is 10.9 Å². The minimum absolute atomic E-state index is 0.776. The number of carbonyl (C=O) groups excluding carboxylic acids is 1. The highest BCUT2D eigenvalue weighted by molar-refractivity contribution is 5.53. The Morgan fingerprint density at radius 1 is 1.80 bits per heavy atom.